The number of nitrogens with zero attached hydrogens (tertiary/aromatic N) is 2. The fourth-order valence-corrected chi connectivity index (χ4v) is 2.23. The van der Waals surface area contributed by atoms with E-state index >= 15 is 0 Å². The largest absolute Gasteiger partial charge is 0.507 e. The summed E-state index contributed by atoms with van der Waals surface area (Å²) in [6, 6.07) is 1.48. The van der Waals surface area contributed by atoms with Crippen LogP contribution in [0.1, 0.15) is 52.7 Å². The Morgan fingerprint density at radius 2 is 1.79 bits per heavy atom. The van der Waals surface area contributed by atoms with Crippen molar-refractivity contribution in [1.29, 1.82) is 0 Å². The first-order valence-corrected chi connectivity index (χ1v) is 7.53. The average molecular weight is 336 g/mol. The minimum Gasteiger partial charge on any atom is -0.507 e. The third-order valence-corrected chi connectivity index (χ3v) is 3.56. The molecule has 7 heteroatoms. The van der Waals surface area contributed by atoms with Crippen LogP contribution in [0, 0.1) is 15.5 Å². The molecule has 132 valence electrons. The van der Waals surface area contributed by atoms with Gasteiger partial charge in [0.1, 0.15) is 5.75 Å². The lowest BCUT2D eigenvalue weighted by molar-refractivity contribution is -0.385. The smallest absolute Gasteiger partial charge is 0.328 e. The molecular formula is C17H24N2O5. The molecule has 0 aliphatic carbocycles. The maximum Gasteiger partial charge on any atom is 0.328 e. The Bertz CT molecular complexity index is 681. The Labute approximate surface area is 141 Å². The number of phenols is 1. The van der Waals surface area contributed by atoms with Crippen LogP contribution in [0.2, 0.25) is 0 Å². The van der Waals surface area contributed by atoms with Gasteiger partial charge in [-0.25, -0.2) is 4.79 Å². The van der Waals surface area contributed by atoms with E-state index in [1.54, 1.807) is 20.8 Å². The first-order valence-electron chi connectivity index (χ1n) is 7.53. The number of benzene rings is 1. The van der Waals surface area contributed by atoms with Crippen LogP contribution in [0.15, 0.2) is 17.1 Å². The van der Waals surface area contributed by atoms with Crippen LogP contribution in [0.3, 0.4) is 0 Å². The van der Waals surface area contributed by atoms with Gasteiger partial charge in [-0.05, 0) is 10.8 Å². The van der Waals surface area contributed by atoms with Gasteiger partial charge in [-0.2, -0.15) is 0 Å². The van der Waals surface area contributed by atoms with Crippen molar-refractivity contribution >= 4 is 17.9 Å². The van der Waals surface area contributed by atoms with Crippen LogP contribution in [-0.4, -0.2) is 33.4 Å². The van der Waals surface area contributed by atoms with Crippen molar-refractivity contribution in [3.63, 3.8) is 0 Å². The van der Waals surface area contributed by atoms with Gasteiger partial charge in [0.25, 0.3) is 5.69 Å². The number of phenolic OH excluding ortho intramolecular Hbond substituents is 1. The summed E-state index contributed by atoms with van der Waals surface area (Å²) in [6.45, 7) is 10.7. The maximum absolute atomic E-state index is 11.4. The van der Waals surface area contributed by atoms with E-state index in [0.29, 0.717) is 5.56 Å². The Hall–Kier alpha value is -2.44. The number of carboxylic acid groups (broad SMARTS) is 1. The number of nitro groups is 1. The maximum atomic E-state index is 11.4. The van der Waals surface area contributed by atoms with E-state index in [4.69, 9.17) is 0 Å². The molecule has 0 aromatic heterocycles. The third kappa shape index (κ3) is 4.53. The Kier molecular flexibility index (Phi) is 5.38. The highest BCUT2D eigenvalue weighted by molar-refractivity contribution is 5.88. The molecule has 0 aliphatic heterocycles. The molecule has 24 heavy (non-hydrogen) atoms. The van der Waals surface area contributed by atoms with Gasteiger partial charge < -0.3 is 10.2 Å². The highest BCUT2D eigenvalue weighted by Gasteiger charge is 2.30. The Morgan fingerprint density at radius 1 is 1.25 bits per heavy atom. The molecule has 7 nitrogen and oxygen atoms in total. The van der Waals surface area contributed by atoms with Crippen LogP contribution < -0.4 is 0 Å². The first-order chi connectivity index (χ1) is 10.7. The van der Waals surface area contributed by atoms with Crippen molar-refractivity contribution in [2.24, 2.45) is 10.4 Å². The summed E-state index contributed by atoms with van der Waals surface area (Å²) < 4.78 is 0. The number of carbonyl (C=O) groups is 1. The van der Waals surface area contributed by atoms with Crippen molar-refractivity contribution in [1.82, 2.24) is 0 Å². The zero-order valence-corrected chi connectivity index (χ0v) is 14.8. The predicted molar refractivity (Wildman–Crippen MR) is 91.9 cm³/mol. The second kappa shape index (κ2) is 6.59. The number of rotatable bonds is 4. The summed E-state index contributed by atoms with van der Waals surface area (Å²) in [4.78, 5) is 26.0. The zero-order chi connectivity index (χ0) is 18.9. The van der Waals surface area contributed by atoms with Crippen molar-refractivity contribution in [2.75, 3.05) is 0 Å². The van der Waals surface area contributed by atoms with Gasteiger partial charge >= 0.3 is 5.97 Å². The Morgan fingerprint density at radius 3 is 2.17 bits per heavy atom. The number of carboxylic acids is 1. The van der Waals surface area contributed by atoms with Crippen molar-refractivity contribution in [3.8, 4) is 5.75 Å². The quantitative estimate of drug-likeness (QED) is 0.496. The normalized spacial score (nSPS) is 13.9. The van der Waals surface area contributed by atoms with Gasteiger partial charge in [0.15, 0.2) is 6.04 Å². The van der Waals surface area contributed by atoms with Crippen LogP contribution in [0.25, 0.3) is 0 Å². The number of aliphatic imine (C=N–C) groups is 1. The van der Waals surface area contributed by atoms with Gasteiger partial charge in [0.05, 0.1) is 4.92 Å². The number of aromatic hydroxyl groups is 1. The van der Waals surface area contributed by atoms with E-state index in [1.165, 1.54) is 18.3 Å². The molecule has 0 aliphatic rings. The fraction of sp³-hybridized carbons (Fsp3) is 0.529. The van der Waals surface area contributed by atoms with E-state index in [0.717, 1.165) is 0 Å². The lowest BCUT2D eigenvalue weighted by Crippen LogP contribution is -2.32. The number of hydrogen-bond donors (Lipinski definition) is 2. The summed E-state index contributed by atoms with van der Waals surface area (Å²) in [5.74, 6) is -1.23. The van der Waals surface area contributed by atoms with Gasteiger partial charge in [0.2, 0.25) is 0 Å². The standard InChI is InChI=1S/C17H24N2O5/c1-16(2,3)12-8-11(19(23)24)7-10(13(12)20)9-18-14(15(21)22)17(4,5)6/h7-9,14,20H,1-6H3,(H,21,22)/t14-/m1/s1. The SMILES string of the molecule is CC(C)(C)c1cc([N+](=O)[O-])cc(C=N[C@H](C(=O)O)C(C)(C)C)c1O. The number of aliphatic carboxylic acids is 1. The molecular weight excluding hydrogens is 312 g/mol. The lowest BCUT2D eigenvalue weighted by atomic mass is 9.84. The summed E-state index contributed by atoms with van der Waals surface area (Å²) in [5.41, 5.74) is -0.798. The van der Waals surface area contributed by atoms with E-state index < -0.39 is 27.8 Å². The summed E-state index contributed by atoms with van der Waals surface area (Å²) >= 11 is 0. The molecule has 1 rings (SSSR count). The zero-order valence-electron chi connectivity index (χ0n) is 14.8. The molecule has 0 heterocycles. The highest BCUT2D eigenvalue weighted by atomic mass is 16.6. The number of nitro benzene ring substituents is 1. The van der Waals surface area contributed by atoms with Crippen LogP contribution >= 0.6 is 0 Å². The molecule has 0 amide bonds. The highest BCUT2D eigenvalue weighted by Crippen LogP contribution is 2.36. The molecule has 1 aromatic rings. The van der Waals surface area contributed by atoms with Crippen LogP contribution in [-0.2, 0) is 10.2 Å². The Balaban J connectivity index is 3.48. The van der Waals surface area contributed by atoms with Crippen LogP contribution in [0.5, 0.6) is 5.75 Å². The predicted octanol–water partition coefficient (Wildman–Crippen LogP) is 3.52. The molecule has 0 unspecified atom stereocenters. The first kappa shape index (κ1) is 19.6. The van der Waals surface area contributed by atoms with Crippen molar-refractivity contribution in [2.45, 2.75) is 53.0 Å². The molecule has 0 spiro atoms. The second-order valence-corrected chi connectivity index (χ2v) is 7.82. The molecule has 2 N–H and O–H groups in total. The van der Waals surface area contributed by atoms with E-state index in [1.807, 2.05) is 20.8 Å². The molecule has 0 radical (unpaired) electrons. The lowest BCUT2D eigenvalue weighted by Gasteiger charge is -2.24. The van der Waals surface area contributed by atoms with Gasteiger partial charge in [-0.15, -0.1) is 0 Å². The fourth-order valence-electron chi connectivity index (χ4n) is 2.23. The topological polar surface area (TPSA) is 113 Å². The van der Waals surface area contributed by atoms with Crippen molar-refractivity contribution < 1.29 is 19.9 Å². The van der Waals surface area contributed by atoms with Crippen molar-refractivity contribution in [3.05, 3.63) is 33.4 Å². The summed E-state index contributed by atoms with van der Waals surface area (Å²) in [5, 5.41) is 30.9. The van der Waals surface area contributed by atoms with Gasteiger partial charge in [-0.1, -0.05) is 41.5 Å². The molecule has 0 saturated heterocycles. The number of non-ortho nitro benzene ring substituents is 1. The van der Waals surface area contributed by atoms with E-state index in [2.05, 4.69) is 4.99 Å². The number of hydrogen-bond acceptors (Lipinski definition) is 5. The van der Waals surface area contributed by atoms with Gasteiger partial charge in [0, 0.05) is 29.5 Å². The molecule has 0 saturated carbocycles. The molecule has 1 atom stereocenters. The van der Waals surface area contributed by atoms with E-state index in [-0.39, 0.29) is 17.0 Å². The minimum absolute atomic E-state index is 0.129. The molecule has 0 bridgehead atoms. The summed E-state index contributed by atoms with van der Waals surface area (Å²) in [7, 11) is 0. The molecule has 0 fully saturated rings. The van der Waals surface area contributed by atoms with Crippen LogP contribution in [0.4, 0.5) is 5.69 Å². The third-order valence-electron chi connectivity index (χ3n) is 3.56. The minimum atomic E-state index is -1.10. The monoisotopic (exact) mass is 336 g/mol. The summed E-state index contributed by atoms with van der Waals surface area (Å²) in [6.07, 6.45) is 1.20. The van der Waals surface area contributed by atoms with E-state index in [9.17, 15) is 25.1 Å². The second-order valence-electron chi connectivity index (χ2n) is 7.82. The average Bonchev–Trinajstić information content (AvgIpc) is 2.36. The molecule has 1 aromatic carbocycles. The van der Waals surface area contributed by atoms with Gasteiger partial charge in [-0.3, -0.25) is 15.1 Å².